The second-order valence-corrected chi connectivity index (χ2v) is 3.40. The molecule has 0 aromatic carbocycles. The first-order valence-electron chi connectivity index (χ1n) is 3.22. The summed E-state index contributed by atoms with van der Waals surface area (Å²) in [5.74, 6) is -0.413. The maximum absolute atomic E-state index is 10.2. The van der Waals surface area contributed by atoms with E-state index < -0.39 is 5.97 Å². The fourth-order valence-electron chi connectivity index (χ4n) is 0.289. The van der Waals surface area contributed by atoms with Gasteiger partial charge < -0.3 is 0 Å². The van der Waals surface area contributed by atoms with Gasteiger partial charge in [-0.2, -0.15) is 4.89 Å². The van der Waals surface area contributed by atoms with E-state index in [0.29, 0.717) is 6.61 Å². The van der Waals surface area contributed by atoms with Crippen molar-refractivity contribution >= 4 is 5.97 Å². The number of carbonyl (C=O) groups excluding carboxylic acids is 1. The summed E-state index contributed by atoms with van der Waals surface area (Å²) in [6.45, 7) is 7.72. The first-order chi connectivity index (χ1) is 4.42. The van der Waals surface area contributed by atoms with Crippen LogP contribution in [0.5, 0.6) is 0 Å². The molecule has 3 nitrogen and oxygen atoms in total. The topological polar surface area (TPSA) is 35.5 Å². The molecule has 0 aliphatic rings. The Hall–Kier alpha value is -0.570. The van der Waals surface area contributed by atoms with E-state index in [1.165, 1.54) is 6.92 Å². The maximum Gasteiger partial charge on any atom is 0.339 e. The van der Waals surface area contributed by atoms with Crippen LogP contribution < -0.4 is 0 Å². The minimum Gasteiger partial charge on any atom is -0.299 e. The Labute approximate surface area is 61.2 Å². The SMILES string of the molecule is CC(=O)OOCC(C)(C)C. The molecule has 0 atom stereocenters. The lowest BCUT2D eigenvalue weighted by Crippen LogP contribution is -2.15. The van der Waals surface area contributed by atoms with Crippen LogP contribution in [0, 0.1) is 5.41 Å². The highest BCUT2D eigenvalue weighted by Crippen LogP contribution is 2.12. The van der Waals surface area contributed by atoms with Crippen LogP contribution in [0.25, 0.3) is 0 Å². The van der Waals surface area contributed by atoms with Gasteiger partial charge in [-0.05, 0) is 5.41 Å². The lowest BCUT2D eigenvalue weighted by molar-refractivity contribution is -0.280. The second kappa shape index (κ2) is 3.56. The molecule has 0 amide bonds. The summed E-state index contributed by atoms with van der Waals surface area (Å²) in [7, 11) is 0. The van der Waals surface area contributed by atoms with Gasteiger partial charge in [0.2, 0.25) is 0 Å². The zero-order chi connectivity index (χ0) is 8.20. The summed E-state index contributed by atoms with van der Waals surface area (Å²) in [6, 6.07) is 0. The predicted molar refractivity (Wildman–Crippen MR) is 37.2 cm³/mol. The van der Waals surface area contributed by atoms with Crippen LogP contribution in [-0.2, 0) is 14.6 Å². The Bertz CT molecular complexity index is 113. The van der Waals surface area contributed by atoms with Gasteiger partial charge in [0.05, 0.1) is 6.61 Å². The van der Waals surface area contributed by atoms with E-state index in [9.17, 15) is 4.79 Å². The van der Waals surface area contributed by atoms with E-state index in [2.05, 4.69) is 9.78 Å². The van der Waals surface area contributed by atoms with Gasteiger partial charge in [-0.1, -0.05) is 20.8 Å². The van der Waals surface area contributed by atoms with E-state index in [-0.39, 0.29) is 5.41 Å². The molecule has 0 aliphatic heterocycles. The van der Waals surface area contributed by atoms with Gasteiger partial charge >= 0.3 is 5.97 Å². The van der Waals surface area contributed by atoms with Crippen molar-refractivity contribution < 1.29 is 14.6 Å². The molecule has 0 spiro atoms. The molecule has 0 unspecified atom stereocenters. The van der Waals surface area contributed by atoms with Crippen molar-refractivity contribution in [1.82, 2.24) is 0 Å². The number of hydrogen-bond acceptors (Lipinski definition) is 3. The summed E-state index contributed by atoms with van der Waals surface area (Å²) in [5.41, 5.74) is 0.0372. The quantitative estimate of drug-likeness (QED) is 0.437. The summed E-state index contributed by atoms with van der Waals surface area (Å²) in [6.07, 6.45) is 0. The van der Waals surface area contributed by atoms with Crippen LogP contribution in [0.15, 0.2) is 0 Å². The van der Waals surface area contributed by atoms with Gasteiger partial charge in [0, 0.05) is 6.92 Å². The highest BCUT2D eigenvalue weighted by molar-refractivity contribution is 5.65. The highest BCUT2D eigenvalue weighted by Gasteiger charge is 2.11. The normalized spacial score (nSPS) is 11.2. The summed E-state index contributed by atoms with van der Waals surface area (Å²) in [4.78, 5) is 19.1. The van der Waals surface area contributed by atoms with E-state index in [0.717, 1.165) is 0 Å². The highest BCUT2D eigenvalue weighted by atomic mass is 17.2. The van der Waals surface area contributed by atoms with Gasteiger partial charge in [-0.25, -0.2) is 4.79 Å². The minimum atomic E-state index is -0.413. The van der Waals surface area contributed by atoms with Crippen LogP contribution in [0.2, 0.25) is 0 Å². The van der Waals surface area contributed by atoms with Crippen LogP contribution in [0.1, 0.15) is 27.7 Å². The summed E-state index contributed by atoms with van der Waals surface area (Å²) in [5, 5.41) is 0. The van der Waals surface area contributed by atoms with Crippen molar-refractivity contribution in [3.8, 4) is 0 Å². The number of hydrogen-bond donors (Lipinski definition) is 0. The number of rotatable bonds is 2. The Morgan fingerprint density at radius 3 is 2.20 bits per heavy atom. The third kappa shape index (κ3) is 7.43. The molecule has 0 aromatic heterocycles. The largest absolute Gasteiger partial charge is 0.339 e. The Morgan fingerprint density at radius 2 is 1.90 bits per heavy atom. The smallest absolute Gasteiger partial charge is 0.299 e. The lowest BCUT2D eigenvalue weighted by Gasteiger charge is -2.15. The third-order valence-corrected chi connectivity index (χ3v) is 0.668. The van der Waals surface area contributed by atoms with Gasteiger partial charge in [0.1, 0.15) is 0 Å². The van der Waals surface area contributed by atoms with Crippen LogP contribution >= 0.6 is 0 Å². The van der Waals surface area contributed by atoms with Crippen molar-refractivity contribution in [2.24, 2.45) is 5.41 Å². The molecule has 0 saturated carbocycles. The molecule has 0 fully saturated rings. The van der Waals surface area contributed by atoms with E-state index in [1.54, 1.807) is 0 Å². The van der Waals surface area contributed by atoms with E-state index in [1.807, 2.05) is 20.8 Å². The average Bonchev–Trinajstić information content (AvgIpc) is 1.59. The van der Waals surface area contributed by atoms with Gasteiger partial charge in [-0.3, -0.25) is 4.89 Å². The van der Waals surface area contributed by atoms with Crippen molar-refractivity contribution in [1.29, 1.82) is 0 Å². The molecule has 3 heteroatoms. The fraction of sp³-hybridized carbons (Fsp3) is 0.857. The Morgan fingerprint density at radius 1 is 1.40 bits per heavy atom. The molecule has 0 aliphatic carbocycles. The molecule has 0 N–H and O–H groups in total. The Kier molecular flexibility index (Phi) is 3.36. The molecule has 0 saturated heterocycles. The van der Waals surface area contributed by atoms with Crippen molar-refractivity contribution in [2.45, 2.75) is 27.7 Å². The monoisotopic (exact) mass is 146 g/mol. The average molecular weight is 146 g/mol. The molecular formula is C7H14O3. The lowest BCUT2D eigenvalue weighted by atomic mass is 9.99. The van der Waals surface area contributed by atoms with Gasteiger partial charge in [0.25, 0.3) is 0 Å². The van der Waals surface area contributed by atoms with Gasteiger partial charge in [0.15, 0.2) is 0 Å². The molecule has 0 heterocycles. The van der Waals surface area contributed by atoms with Crippen LogP contribution in [0.4, 0.5) is 0 Å². The summed E-state index contributed by atoms with van der Waals surface area (Å²) < 4.78 is 0. The fourth-order valence-corrected chi connectivity index (χ4v) is 0.289. The molecular weight excluding hydrogens is 132 g/mol. The van der Waals surface area contributed by atoms with Crippen LogP contribution in [-0.4, -0.2) is 12.6 Å². The number of carbonyl (C=O) groups is 1. The van der Waals surface area contributed by atoms with Gasteiger partial charge in [-0.15, -0.1) is 0 Å². The van der Waals surface area contributed by atoms with Crippen molar-refractivity contribution in [3.63, 3.8) is 0 Å². The minimum absolute atomic E-state index is 0.0372. The third-order valence-electron chi connectivity index (χ3n) is 0.668. The standard InChI is InChI=1S/C7H14O3/c1-6(8)10-9-5-7(2,3)4/h5H2,1-4H3. The first kappa shape index (κ1) is 9.43. The van der Waals surface area contributed by atoms with Crippen molar-refractivity contribution in [2.75, 3.05) is 6.61 Å². The molecule has 0 radical (unpaired) electrons. The zero-order valence-electron chi connectivity index (χ0n) is 6.93. The van der Waals surface area contributed by atoms with E-state index >= 15 is 0 Å². The van der Waals surface area contributed by atoms with Crippen LogP contribution in [0.3, 0.4) is 0 Å². The summed E-state index contributed by atoms with van der Waals surface area (Å²) >= 11 is 0. The molecule has 0 aromatic rings. The first-order valence-corrected chi connectivity index (χ1v) is 3.22. The predicted octanol–water partition coefficient (Wildman–Crippen LogP) is 1.53. The second-order valence-electron chi connectivity index (χ2n) is 3.40. The maximum atomic E-state index is 10.2. The molecule has 10 heavy (non-hydrogen) atoms. The van der Waals surface area contributed by atoms with Crippen molar-refractivity contribution in [3.05, 3.63) is 0 Å². The molecule has 60 valence electrons. The molecule has 0 rings (SSSR count). The van der Waals surface area contributed by atoms with E-state index in [4.69, 9.17) is 0 Å². The molecule has 0 bridgehead atoms. The zero-order valence-corrected chi connectivity index (χ0v) is 6.93. The Balaban J connectivity index is 3.29.